The molecule has 1 aromatic carbocycles. The number of ether oxygens (including phenoxy) is 1. The number of rotatable bonds is 17. The summed E-state index contributed by atoms with van der Waals surface area (Å²) in [6.45, 7) is 12.6. The van der Waals surface area contributed by atoms with Gasteiger partial charge in [-0.25, -0.2) is 0 Å². The van der Waals surface area contributed by atoms with Crippen molar-refractivity contribution in [1.82, 2.24) is 0 Å². The van der Waals surface area contributed by atoms with Gasteiger partial charge >= 0.3 is 0 Å². The first-order valence-electron chi connectivity index (χ1n) is 12.5. The largest absolute Gasteiger partial charge is 0.392 e. The van der Waals surface area contributed by atoms with Crippen molar-refractivity contribution in [1.29, 1.82) is 0 Å². The van der Waals surface area contributed by atoms with Crippen molar-refractivity contribution in [2.75, 3.05) is 19.8 Å². The highest BCUT2D eigenvalue weighted by Gasteiger charge is 2.09. The lowest BCUT2D eigenvalue weighted by Gasteiger charge is -2.15. The van der Waals surface area contributed by atoms with Gasteiger partial charge in [0.1, 0.15) is 0 Å². The standard InChI is InChI=1S/C30H46O2S/c1-6-7-20-32-21-19-25(2)13-11-14-26(3)22-30(33-29-17-9-8-10-18-29)23-27(4)15-12-16-28(5)24-31/h8-10,14,16-19,23,30-31H,6-7,11-13,15,20-22,24H2,1-5H3/b25-19+,26-14+,27-23+,28-16+. The Balaban J connectivity index is 2.65. The van der Waals surface area contributed by atoms with Crippen LogP contribution in [0.4, 0.5) is 0 Å². The molecule has 1 atom stereocenters. The fourth-order valence-electron chi connectivity index (χ4n) is 3.40. The van der Waals surface area contributed by atoms with Crippen LogP contribution in [0.1, 0.15) is 79.6 Å². The summed E-state index contributed by atoms with van der Waals surface area (Å²) in [6, 6.07) is 10.7. The highest BCUT2D eigenvalue weighted by atomic mass is 32.2. The number of aliphatic hydroxyl groups is 1. The fourth-order valence-corrected chi connectivity index (χ4v) is 4.71. The number of hydrogen-bond donors (Lipinski definition) is 1. The molecule has 0 saturated heterocycles. The Bertz CT molecular complexity index is 759. The van der Waals surface area contributed by atoms with Gasteiger partial charge in [-0.1, -0.05) is 78.1 Å². The first-order chi connectivity index (χ1) is 15.9. The Labute approximate surface area is 207 Å². The third-order valence-electron chi connectivity index (χ3n) is 5.53. The Morgan fingerprint density at radius 1 is 0.909 bits per heavy atom. The predicted molar refractivity (Wildman–Crippen MR) is 147 cm³/mol. The van der Waals surface area contributed by atoms with Crippen LogP contribution in [0.5, 0.6) is 0 Å². The predicted octanol–water partition coefficient (Wildman–Crippen LogP) is 8.69. The van der Waals surface area contributed by atoms with E-state index < -0.39 is 0 Å². The van der Waals surface area contributed by atoms with Gasteiger partial charge in [0, 0.05) is 16.8 Å². The summed E-state index contributed by atoms with van der Waals surface area (Å²) in [5, 5.41) is 9.61. The molecule has 2 nitrogen and oxygen atoms in total. The SMILES string of the molecule is CCCCOC/C=C(\C)CC/C=C(\C)CC(/C=C(\C)CC/C=C(\C)CO)Sc1ccccc1. The average molecular weight is 471 g/mol. The van der Waals surface area contributed by atoms with Crippen molar-refractivity contribution < 1.29 is 9.84 Å². The molecule has 0 radical (unpaired) electrons. The summed E-state index contributed by atoms with van der Waals surface area (Å²) in [6.07, 6.45) is 16.8. The zero-order valence-electron chi connectivity index (χ0n) is 21.6. The fraction of sp³-hybridized carbons (Fsp3) is 0.533. The second-order valence-electron chi connectivity index (χ2n) is 9.00. The molecule has 1 rings (SSSR count). The molecule has 0 aliphatic rings. The third-order valence-corrected chi connectivity index (χ3v) is 6.68. The molecule has 33 heavy (non-hydrogen) atoms. The van der Waals surface area contributed by atoms with Crippen LogP contribution < -0.4 is 0 Å². The Kier molecular flexibility index (Phi) is 16.8. The summed E-state index contributed by atoms with van der Waals surface area (Å²) in [4.78, 5) is 1.32. The summed E-state index contributed by atoms with van der Waals surface area (Å²) >= 11 is 1.95. The maximum absolute atomic E-state index is 9.19. The number of unbranched alkanes of at least 4 members (excludes halogenated alkanes) is 1. The molecule has 0 aliphatic carbocycles. The highest BCUT2D eigenvalue weighted by molar-refractivity contribution is 8.00. The molecule has 0 bridgehead atoms. The van der Waals surface area contributed by atoms with Crippen LogP contribution in [0.15, 0.2) is 81.8 Å². The van der Waals surface area contributed by atoms with Crippen molar-refractivity contribution in [2.45, 2.75) is 89.7 Å². The maximum Gasteiger partial charge on any atom is 0.0649 e. The van der Waals surface area contributed by atoms with Gasteiger partial charge in [-0.15, -0.1) is 11.8 Å². The molecular weight excluding hydrogens is 424 g/mol. The summed E-state index contributed by atoms with van der Waals surface area (Å²) in [7, 11) is 0. The molecule has 0 amide bonds. The van der Waals surface area contributed by atoms with Crippen LogP contribution in [-0.4, -0.2) is 30.2 Å². The van der Waals surface area contributed by atoms with E-state index in [9.17, 15) is 5.11 Å². The minimum atomic E-state index is 0.153. The first kappa shape index (κ1) is 29.5. The maximum atomic E-state index is 9.19. The van der Waals surface area contributed by atoms with E-state index in [1.807, 2.05) is 18.7 Å². The highest BCUT2D eigenvalue weighted by Crippen LogP contribution is 2.30. The third kappa shape index (κ3) is 15.8. The van der Waals surface area contributed by atoms with Gasteiger partial charge in [0.05, 0.1) is 13.2 Å². The molecule has 0 fully saturated rings. The van der Waals surface area contributed by atoms with Crippen LogP contribution in [-0.2, 0) is 4.74 Å². The van der Waals surface area contributed by atoms with Gasteiger partial charge in [0.2, 0.25) is 0 Å². The van der Waals surface area contributed by atoms with E-state index in [1.165, 1.54) is 28.0 Å². The molecule has 1 unspecified atom stereocenters. The normalized spacial score (nSPS) is 14.6. The number of thioether (sulfide) groups is 1. The van der Waals surface area contributed by atoms with Gasteiger partial charge in [-0.2, -0.15) is 0 Å². The van der Waals surface area contributed by atoms with E-state index >= 15 is 0 Å². The van der Waals surface area contributed by atoms with Crippen molar-refractivity contribution in [3.05, 3.63) is 76.9 Å². The second kappa shape index (κ2) is 18.8. The van der Waals surface area contributed by atoms with Gasteiger partial charge in [-0.05, 0) is 78.4 Å². The molecular formula is C30H46O2S. The van der Waals surface area contributed by atoms with E-state index in [4.69, 9.17) is 4.74 Å². The summed E-state index contributed by atoms with van der Waals surface area (Å²) in [5.41, 5.74) is 5.33. The molecule has 1 aromatic rings. The van der Waals surface area contributed by atoms with Gasteiger partial charge in [-0.3, -0.25) is 0 Å². The zero-order valence-corrected chi connectivity index (χ0v) is 22.4. The van der Waals surface area contributed by atoms with Crippen LogP contribution in [0, 0.1) is 0 Å². The molecule has 0 spiro atoms. The topological polar surface area (TPSA) is 29.5 Å². The van der Waals surface area contributed by atoms with Gasteiger partial charge in [0.25, 0.3) is 0 Å². The first-order valence-corrected chi connectivity index (χ1v) is 13.4. The summed E-state index contributed by atoms with van der Waals surface area (Å²) < 4.78 is 5.65. The lowest BCUT2D eigenvalue weighted by atomic mass is 10.0. The van der Waals surface area contributed by atoms with Crippen molar-refractivity contribution in [3.63, 3.8) is 0 Å². The number of hydrogen-bond acceptors (Lipinski definition) is 3. The molecule has 0 aromatic heterocycles. The monoisotopic (exact) mass is 470 g/mol. The van der Waals surface area contributed by atoms with E-state index in [0.29, 0.717) is 5.25 Å². The van der Waals surface area contributed by atoms with Gasteiger partial charge < -0.3 is 9.84 Å². The van der Waals surface area contributed by atoms with E-state index in [1.54, 1.807) is 0 Å². The van der Waals surface area contributed by atoms with Crippen LogP contribution in [0.2, 0.25) is 0 Å². The lowest BCUT2D eigenvalue weighted by Crippen LogP contribution is -2.01. The Morgan fingerprint density at radius 3 is 2.24 bits per heavy atom. The molecule has 3 heteroatoms. The van der Waals surface area contributed by atoms with E-state index in [2.05, 4.69) is 82.3 Å². The van der Waals surface area contributed by atoms with E-state index in [-0.39, 0.29) is 6.61 Å². The van der Waals surface area contributed by atoms with E-state index in [0.717, 1.165) is 57.3 Å². The van der Waals surface area contributed by atoms with Crippen LogP contribution >= 0.6 is 11.8 Å². The molecule has 0 saturated carbocycles. The lowest BCUT2D eigenvalue weighted by molar-refractivity contribution is 0.158. The number of allylic oxidation sites excluding steroid dienone is 5. The molecule has 184 valence electrons. The molecule has 0 aliphatic heterocycles. The Hall–Kier alpha value is -1.55. The van der Waals surface area contributed by atoms with Crippen LogP contribution in [0.3, 0.4) is 0 Å². The number of benzene rings is 1. The summed E-state index contributed by atoms with van der Waals surface area (Å²) in [5.74, 6) is 0. The second-order valence-corrected chi connectivity index (χ2v) is 10.3. The quantitative estimate of drug-likeness (QED) is 0.140. The molecule has 0 heterocycles. The minimum Gasteiger partial charge on any atom is -0.392 e. The van der Waals surface area contributed by atoms with Crippen molar-refractivity contribution >= 4 is 11.8 Å². The smallest absolute Gasteiger partial charge is 0.0649 e. The van der Waals surface area contributed by atoms with Crippen molar-refractivity contribution in [3.8, 4) is 0 Å². The zero-order chi connectivity index (χ0) is 24.3. The minimum absolute atomic E-state index is 0.153. The molecule has 1 N–H and O–H groups in total. The average Bonchev–Trinajstić information content (AvgIpc) is 2.79. The van der Waals surface area contributed by atoms with Gasteiger partial charge in [0.15, 0.2) is 0 Å². The van der Waals surface area contributed by atoms with Crippen LogP contribution in [0.25, 0.3) is 0 Å². The Morgan fingerprint density at radius 2 is 1.58 bits per heavy atom. The van der Waals surface area contributed by atoms with Crippen molar-refractivity contribution in [2.24, 2.45) is 0 Å². The number of aliphatic hydroxyl groups excluding tert-OH is 1.